The van der Waals surface area contributed by atoms with Crippen molar-refractivity contribution in [2.75, 3.05) is 32.8 Å². The SMILES string of the molecule is CC1CC(C)CN(S(=O)(=O)c2ccc3[nH]c(C(=O)NCCC4CCOCC4)cc3c2)C1. The normalized spacial score (nSPS) is 23.8. The number of carbonyl (C=O) groups is 1. The standard InChI is InChI=1S/C23H33N3O4S/c1-16-11-17(2)15-26(14-16)31(28,29)20-3-4-21-19(12-20)13-22(25-21)23(27)24-8-5-18-6-9-30-10-7-18/h3-4,12-13,16-18,25H,5-11,14-15H2,1-2H3,(H,24,27). The summed E-state index contributed by atoms with van der Waals surface area (Å²) >= 11 is 0. The quantitative estimate of drug-likeness (QED) is 0.710. The summed E-state index contributed by atoms with van der Waals surface area (Å²) in [5.74, 6) is 1.15. The molecule has 8 heteroatoms. The molecule has 0 bridgehead atoms. The number of rotatable bonds is 6. The number of hydrogen-bond donors (Lipinski definition) is 2. The van der Waals surface area contributed by atoms with Crippen LogP contribution in [0.15, 0.2) is 29.2 Å². The molecule has 31 heavy (non-hydrogen) atoms. The minimum absolute atomic E-state index is 0.161. The Balaban J connectivity index is 1.44. The highest BCUT2D eigenvalue weighted by Crippen LogP contribution is 2.28. The first-order chi connectivity index (χ1) is 14.8. The smallest absolute Gasteiger partial charge is 0.267 e. The lowest BCUT2D eigenvalue weighted by molar-refractivity contribution is 0.0636. The topological polar surface area (TPSA) is 91.5 Å². The van der Waals surface area contributed by atoms with Crippen LogP contribution in [0.4, 0.5) is 0 Å². The molecule has 0 saturated carbocycles. The minimum Gasteiger partial charge on any atom is -0.381 e. The van der Waals surface area contributed by atoms with E-state index >= 15 is 0 Å². The van der Waals surface area contributed by atoms with E-state index in [0.717, 1.165) is 49.8 Å². The molecule has 3 heterocycles. The van der Waals surface area contributed by atoms with Crippen LogP contribution in [-0.4, -0.2) is 56.5 Å². The Morgan fingerprint density at radius 3 is 2.58 bits per heavy atom. The van der Waals surface area contributed by atoms with Gasteiger partial charge in [0.15, 0.2) is 0 Å². The Hall–Kier alpha value is -1.90. The monoisotopic (exact) mass is 447 g/mol. The molecule has 2 saturated heterocycles. The van der Waals surface area contributed by atoms with Crippen molar-refractivity contribution in [2.45, 2.75) is 44.4 Å². The molecular formula is C23H33N3O4S. The molecule has 2 atom stereocenters. The van der Waals surface area contributed by atoms with Crippen molar-refractivity contribution in [3.05, 3.63) is 30.0 Å². The van der Waals surface area contributed by atoms with Gasteiger partial charge >= 0.3 is 0 Å². The van der Waals surface area contributed by atoms with Gasteiger partial charge in [-0.05, 0) is 67.7 Å². The van der Waals surface area contributed by atoms with Gasteiger partial charge in [-0.1, -0.05) is 13.8 Å². The number of carbonyl (C=O) groups excluding carboxylic acids is 1. The summed E-state index contributed by atoms with van der Waals surface area (Å²) in [6, 6.07) is 6.78. The largest absolute Gasteiger partial charge is 0.381 e. The summed E-state index contributed by atoms with van der Waals surface area (Å²) in [7, 11) is -3.55. The highest BCUT2D eigenvalue weighted by atomic mass is 32.2. The molecule has 0 spiro atoms. The number of benzene rings is 1. The molecule has 2 fully saturated rings. The van der Waals surface area contributed by atoms with Crippen LogP contribution < -0.4 is 5.32 Å². The maximum atomic E-state index is 13.2. The Morgan fingerprint density at radius 1 is 1.16 bits per heavy atom. The zero-order valence-electron chi connectivity index (χ0n) is 18.4. The predicted molar refractivity (Wildman–Crippen MR) is 120 cm³/mol. The fourth-order valence-corrected chi connectivity index (χ4v) is 6.58. The zero-order chi connectivity index (χ0) is 22.0. The fraction of sp³-hybridized carbons (Fsp3) is 0.609. The molecule has 0 radical (unpaired) electrons. The van der Waals surface area contributed by atoms with Gasteiger partial charge in [0.1, 0.15) is 5.69 Å². The van der Waals surface area contributed by atoms with E-state index in [0.29, 0.717) is 43.1 Å². The van der Waals surface area contributed by atoms with Crippen LogP contribution in [0.3, 0.4) is 0 Å². The van der Waals surface area contributed by atoms with Gasteiger partial charge in [-0.15, -0.1) is 0 Å². The van der Waals surface area contributed by atoms with Crippen molar-refractivity contribution in [3.63, 3.8) is 0 Å². The number of fused-ring (bicyclic) bond motifs is 1. The summed E-state index contributed by atoms with van der Waals surface area (Å²) in [6.45, 7) is 7.55. The number of H-pyrrole nitrogens is 1. The third-order valence-corrected chi connectivity index (χ3v) is 8.32. The van der Waals surface area contributed by atoms with Crippen LogP contribution >= 0.6 is 0 Å². The van der Waals surface area contributed by atoms with Crippen molar-refractivity contribution in [1.29, 1.82) is 0 Å². The lowest BCUT2D eigenvalue weighted by atomic mass is 9.94. The van der Waals surface area contributed by atoms with Crippen molar-refractivity contribution in [3.8, 4) is 0 Å². The Kier molecular flexibility index (Phi) is 6.69. The van der Waals surface area contributed by atoms with Gasteiger partial charge in [0.2, 0.25) is 10.0 Å². The average Bonchev–Trinajstić information content (AvgIpc) is 3.17. The van der Waals surface area contributed by atoms with E-state index in [1.54, 1.807) is 28.6 Å². The first-order valence-electron chi connectivity index (χ1n) is 11.3. The maximum Gasteiger partial charge on any atom is 0.267 e. The number of nitrogens with one attached hydrogen (secondary N) is 2. The number of hydrogen-bond acceptors (Lipinski definition) is 4. The Morgan fingerprint density at radius 2 is 1.87 bits per heavy atom. The van der Waals surface area contributed by atoms with Crippen molar-refractivity contribution in [2.24, 2.45) is 17.8 Å². The zero-order valence-corrected chi connectivity index (χ0v) is 19.2. The average molecular weight is 448 g/mol. The van der Waals surface area contributed by atoms with Crippen LogP contribution in [-0.2, 0) is 14.8 Å². The molecule has 2 N–H and O–H groups in total. The fourth-order valence-electron chi connectivity index (χ4n) is 4.86. The lowest BCUT2D eigenvalue weighted by Gasteiger charge is -2.34. The van der Waals surface area contributed by atoms with Crippen LogP contribution in [0.2, 0.25) is 0 Å². The van der Waals surface area contributed by atoms with Crippen LogP contribution in [0, 0.1) is 17.8 Å². The summed E-state index contributed by atoms with van der Waals surface area (Å²) in [5, 5.41) is 3.71. The number of piperidine rings is 1. The highest BCUT2D eigenvalue weighted by molar-refractivity contribution is 7.89. The molecule has 7 nitrogen and oxygen atoms in total. The number of nitrogens with zero attached hydrogens (tertiary/aromatic N) is 1. The van der Waals surface area contributed by atoms with Crippen molar-refractivity contribution in [1.82, 2.24) is 14.6 Å². The van der Waals surface area contributed by atoms with Crippen molar-refractivity contribution >= 4 is 26.8 Å². The number of ether oxygens (including phenoxy) is 1. The Bertz CT molecular complexity index is 1020. The highest BCUT2D eigenvalue weighted by Gasteiger charge is 2.31. The van der Waals surface area contributed by atoms with E-state index in [9.17, 15) is 13.2 Å². The summed E-state index contributed by atoms with van der Waals surface area (Å²) in [5.41, 5.74) is 1.21. The van der Waals surface area contributed by atoms with E-state index < -0.39 is 10.0 Å². The predicted octanol–water partition coefficient (Wildman–Crippen LogP) is 3.38. The molecule has 1 aromatic carbocycles. The van der Waals surface area contributed by atoms with E-state index in [1.807, 2.05) is 0 Å². The van der Waals surface area contributed by atoms with Crippen LogP contribution in [0.1, 0.15) is 50.0 Å². The third kappa shape index (κ3) is 5.13. The molecule has 2 aliphatic rings. The molecule has 4 rings (SSSR count). The van der Waals surface area contributed by atoms with Gasteiger partial charge in [0.05, 0.1) is 4.90 Å². The first kappa shape index (κ1) is 22.3. The number of aromatic nitrogens is 1. The number of aromatic amines is 1. The van der Waals surface area contributed by atoms with E-state index in [1.165, 1.54) is 0 Å². The van der Waals surface area contributed by atoms with Gasteiger partial charge in [-0.3, -0.25) is 4.79 Å². The molecule has 0 aliphatic carbocycles. The molecule has 2 unspecified atom stereocenters. The second kappa shape index (κ2) is 9.30. The van der Waals surface area contributed by atoms with E-state index in [2.05, 4.69) is 24.1 Å². The number of sulfonamides is 1. The van der Waals surface area contributed by atoms with Crippen molar-refractivity contribution < 1.29 is 17.9 Å². The summed E-state index contributed by atoms with van der Waals surface area (Å²) < 4.78 is 33.3. The summed E-state index contributed by atoms with van der Waals surface area (Å²) in [4.78, 5) is 16.0. The second-order valence-corrected chi connectivity index (χ2v) is 11.2. The van der Waals surface area contributed by atoms with Gasteiger partial charge < -0.3 is 15.0 Å². The Labute approximate surface area is 184 Å². The number of amides is 1. The summed E-state index contributed by atoms with van der Waals surface area (Å²) in [6.07, 6.45) is 4.10. The third-order valence-electron chi connectivity index (χ3n) is 6.49. The van der Waals surface area contributed by atoms with Gasteiger partial charge in [-0.2, -0.15) is 4.31 Å². The van der Waals surface area contributed by atoms with Gasteiger partial charge in [-0.25, -0.2) is 8.42 Å². The van der Waals surface area contributed by atoms with Crippen LogP contribution in [0.25, 0.3) is 10.9 Å². The second-order valence-electron chi connectivity index (χ2n) is 9.30. The molecule has 2 aromatic rings. The maximum absolute atomic E-state index is 13.2. The molecule has 170 valence electrons. The van der Waals surface area contributed by atoms with E-state index in [-0.39, 0.29) is 10.8 Å². The molecular weight excluding hydrogens is 414 g/mol. The molecule has 1 amide bonds. The van der Waals surface area contributed by atoms with Crippen LogP contribution in [0.5, 0.6) is 0 Å². The van der Waals surface area contributed by atoms with Gasteiger partial charge in [0.25, 0.3) is 5.91 Å². The lowest BCUT2D eigenvalue weighted by Crippen LogP contribution is -2.42. The van der Waals surface area contributed by atoms with E-state index in [4.69, 9.17) is 4.74 Å². The molecule has 1 aromatic heterocycles. The molecule has 2 aliphatic heterocycles. The minimum atomic E-state index is -3.55. The first-order valence-corrected chi connectivity index (χ1v) is 12.8. The van der Waals surface area contributed by atoms with Gasteiger partial charge in [0, 0.05) is 43.8 Å².